The van der Waals surface area contributed by atoms with Crippen molar-refractivity contribution in [3.8, 4) is 0 Å². The Labute approximate surface area is 124 Å². The van der Waals surface area contributed by atoms with Gasteiger partial charge in [0.15, 0.2) is 0 Å². The summed E-state index contributed by atoms with van der Waals surface area (Å²) >= 11 is 0. The maximum absolute atomic E-state index is 5.98. The third-order valence-electron chi connectivity index (χ3n) is 3.36. The maximum Gasteiger partial charge on any atom is 0.120 e. The smallest absolute Gasteiger partial charge is 0.120 e. The van der Waals surface area contributed by atoms with Crippen molar-refractivity contribution in [2.24, 2.45) is 5.92 Å². The van der Waals surface area contributed by atoms with Crippen LogP contribution in [0, 0.1) is 12.8 Å². The molecule has 0 saturated carbocycles. The van der Waals surface area contributed by atoms with Gasteiger partial charge in [-0.15, -0.1) is 6.58 Å². The number of hydrogen-bond acceptors (Lipinski definition) is 3. The predicted molar refractivity (Wildman–Crippen MR) is 85.7 cm³/mol. The van der Waals surface area contributed by atoms with Gasteiger partial charge in [-0.05, 0) is 44.9 Å². The molecule has 1 aromatic heterocycles. The van der Waals surface area contributed by atoms with E-state index in [2.05, 4.69) is 57.5 Å². The van der Waals surface area contributed by atoms with Gasteiger partial charge >= 0.3 is 0 Å². The third-order valence-corrected chi connectivity index (χ3v) is 3.36. The highest BCUT2D eigenvalue weighted by atomic mass is 16.3. The highest BCUT2D eigenvalue weighted by molar-refractivity contribution is 5.20. The lowest BCUT2D eigenvalue weighted by molar-refractivity contribution is 0.216. The number of rotatable bonds is 9. The van der Waals surface area contributed by atoms with Gasteiger partial charge in [-0.1, -0.05) is 19.9 Å². The molecule has 3 nitrogen and oxygen atoms in total. The molecule has 0 aliphatic rings. The normalized spacial score (nSPS) is 11.8. The molecule has 0 bridgehead atoms. The molecule has 0 unspecified atom stereocenters. The zero-order chi connectivity index (χ0) is 15.1. The third kappa shape index (κ3) is 5.51. The van der Waals surface area contributed by atoms with Crippen LogP contribution >= 0.6 is 0 Å². The predicted octanol–water partition coefficient (Wildman–Crippen LogP) is 3.73. The van der Waals surface area contributed by atoms with Crippen molar-refractivity contribution in [1.82, 2.24) is 10.2 Å². The van der Waals surface area contributed by atoms with E-state index in [0.717, 1.165) is 37.7 Å². The molecule has 1 heterocycles. The van der Waals surface area contributed by atoms with Crippen LogP contribution in [-0.2, 0) is 13.1 Å². The van der Waals surface area contributed by atoms with E-state index in [0.29, 0.717) is 12.0 Å². The molecule has 0 amide bonds. The first-order valence-electron chi connectivity index (χ1n) is 7.57. The van der Waals surface area contributed by atoms with E-state index in [1.165, 1.54) is 5.56 Å². The highest BCUT2D eigenvalue weighted by Crippen LogP contribution is 2.17. The van der Waals surface area contributed by atoms with Crippen molar-refractivity contribution in [2.75, 3.05) is 13.1 Å². The molecule has 0 atom stereocenters. The number of furan rings is 1. The van der Waals surface area contributed by atoms with Crippen LogP contribution in [0.5, 0.6) is 0 Å². The minimum Gasteiger partial charge on any atom is -0.463 e. The van der Waals surface area contributed by atoms with E-state index < -0.39 is 0 Å². The largest absolute Gasteiger partial charge is 0.463 e. The molecule has 0 aromatic carbocycles. The summed E-state index contributed by atoms with van der Waals surface area (Å²) in [5.41, 5.74) is 1.23. The Balaban J connectivity index is 2.61. The molecule has 114 valence electrons. The van der Waals surface area contributed by atoms with Crippen LogP contribution in [-0.4, -0.2) is 24.0 Å². The summed E-state index contributed by atoms with van der Waals surface area (Å²) in [6.45, 7) is 18.3. The van der Waals surface area contributed by atoms with E-state index >= 15 is 0 Å². The Bertz CT molecular complexity index is 407. The molecule has 1 N–H and O–H groups in total. The lowest BCUT2D eigenvalue weighted by Crippen LogP contribution is -2.30. The van der Waals surface area contributed by atoms with Crippen LogP contribution < -0.4 is 5.32 Å². The second kappa shape index (κ2) is 8.28. The molecule has 20 heavy (non-hydrogen) atoms. The average molecular weight is 278 g/mol. The number of nitrogens with one attached hydrogen (secondary N) is 1. The Morgan fingerprint density at radius 2 is 2.05 bits per heavy atom. The van der Waals surface area contributed by atoms with E-state index in [1.807, 2.05) is 6.08 Å². The van der Waals surface area contributed by atoms with Crippen LogP contribution in [0.1, 0.15) is 44.8 Å². The fourth-order valence-electron chi connectivity index (χ4n) is 2.14. The monoisotopic (exact) mass is 278 g/mol. The molecule has 0 fully saturated rings. The van der Waals surface area contributed by atoms with Gasteiger partial charge in [-0.2, -0.15) is 0 Å². The molecule has 0 aliphatic carbocycles. The molecule has 1 aromatic rings. The quantitative estimate of drug-likeness (QED) is 0.698. The van der Waals surface area contributed by atoms with E-state index in [4.69, 9.17) is 4.42 Å². The zero-order valence-corrected chi connectivity index (χ0v) is 13.7. The summed E-state index contributed by atoms with van der Waals surface area (Å²) in [5, 5.41) is 3.43. The van der Waals surface area contributed by atoms with Crippen LogP contribution in [0.2, 0.25) is 0 Å². The van der Waals surface area contributed by atoms with Crippen molar-refractivity contribution in [2.45, 2.75) is 53.8 Å². The minimum atomic E-state index is 0.487. The SMILES string of the molecule is C=CCN(Cc1cc(C)c(CNCC(C)C)o1)C(C)C. The van der Waals surface area contributed by atoms with Gasteiger partial charge in [-0.25, -0.2) is 0 Å². The molecular formula is C17H30N2O. The van der Waals surface area contributed by atoms with Crippen LogP contribution in [0.3, 0.4) is 0 Å². The second-order valence-electron chi connectivity index (χ2n) is 6.16. The van der Waals surface area contributed by atoms with Crippen LogP contribution in [0.15, 0.2) is 23.1 Å². The summed E-state index contributed by atoms with van der Waals surface area (Å²) in [7, 11) is 0. The van der Waals surface area contributed by atoms with Crippen LogP contribution in [0.25, 0.3) is 0 Å². The molecular weight excluding hydrogens is 248 g/mol. The van der Waals surface area contributed by atoms with Crippen molar-refractivity contribution < 1.29 is 4.42 Å². The Morgan fingerprint density at radius 3 is 2.60 bits per heavy atom. The number of nitrogens with zero attached hydrogens (tertiary/aromatic N) is 1. The van der Waals surface area contributed by atoms with Gasteiger partial charge in [-0.3, -0.25) is 4.90 Å². The summed E-state index contributed by atoms with van der Waals surface area (Å²) in [6.07, 6.45) is 1.95. The summed E-state index contributed by atoms with van der Waals surface area (Å²) in [6, 6.07) is 2.64. The summed E-state index contributed by atoms with van der Waals surface area (Å²) in [4.78, 5) is 2.34. The first-order valence-corrected chi connectivity index (χ1v) is 7.57. The molecule has 0 spiro atoms. The van der Waals surface area contributed by atoms with E-state index in [-0.39, 0.29) is 0 Å². The fraction of sp³-hybridized carbons (Fsp3) is 0.647. The number of aryl methyl sites for hydroxylation is 1. The van der Waals surface area contributed by atoms with Gasteiger partial charge in [0.25, 0.3) is 0 Å². The molecule has 0 radical (unpaired) electrons. The number of hydrogen-bond donors (Lipinski definition) is 1. The second-order valence-corrected chi connectivity index (χ2v) is 6.16. The van der Waals surface area contributed by atoms with Crippen molar-refractivity contribution >= 4 is 0 Å². The van der Waals surface area contributed by atoms with Crippen molar-refractivity contribution in [1.29, 1.82) is 0 Å². The van der Waals surface area contributed by atoms with Gasteiger partial charge in [0.1, 0.15) is 11.5 Å². The van der Waals surface area contributed by atoms with E-state index in [9.17, 15) is 0 Å². The van der Waals surface area contributed by atoms with Gasteiger partial charge in [0, 0.05) is 12.6 Å². The lowest BCUT2D eigenvalue weighted by atomic mass is 10.2. The van der Waals surface area contributed by atoms with Gasteiger partial charge in [0.05, 0.1) is 13.1 Å². The minimum absolute atomic E-state index is 0.487. The average Bonchev–Trinajstić information content (AvgIpc) is 2.69. The Hall–Kier alpha value is -1.06. The fourth-order valence-corrected chi connectivity index (χ4v) is 2.14. The molecule has 1 rings (SSSR count). The highest BCUT2D eigenvalue weighted by Gasteiger charge is 2.13. The van der Waals surface area contributed by atoms with Crippen molar-refractivity contribution in [3.63, 3.8) is 0 Å². The molecule has 0 aliphatic heterocycles. The first-order chi connectivity index (χ1) is 9.43. The Kier molecular flexibility index (Phi) is 7.03. The van der Waals surface area contributed by atoms with Gasteiger partial charge < -0.3 is 9.73 Å². The lowest BCUT2D eigenvalue weighted by Gasteiger charge is -2.23. The van der Waals surface area contributed by atoms with E-state index in [1.54, 1.807) is 0 Å². The Morgan fingerprint density at radius 1 is 1.35 bits per heavy atom. The zero-order valence-electron chi connectivity index (χ0n) is 13.7. The van der Waals surface area contributed by atoms with Crippen molar-refractivity contribution in [3.05, 3.63) is 35.8 Å². The summed E-state index contributed by atoms with van der Waals surface area (Å²) < 4.78 is 5.98. The van der Waals surface area contributed by atoms with Gasteiger partial charge in [0.2, 0.25) is 0 Å². The summed E-state index contributed by atoms with van der Waals surface area (Å²) in [5.74, 6) is 2.76. The topological polar surface area (TPSA) is 28.4 Å². The maximum atomic E-state index is 5.98. The standard InChI is InChI=1S/C17H30N2O/c1-7-8-19(14(4)5)12-16-9-15(6)17(20-16)11-18-10-13(2)3/h7,9,13-14,18H,1,8,10-12H2,2-6H3. The first kappa shape index (κ1) is 17.0. The molecule has 0 saturated heterocycles. The van der Waals surface area contributed by atoms with Crippen LogP contribution in [0.4, 0.5) is 0 Å². The molecule has 3 heteroatoms.